The molecule has 1 aromatic rings. The van der Waals surface area contributed by atoms with Gasteiger partial charge in [-0.15, -0.1) is 12.4 Å². The summed E-state index contributed by atoms with van der Waals surface area (Å²) in [5.74, 6) is 1.40. The Morgan fingerprint density at radius 2 is 2.05 bits per heavy atom. The van der Waals surface area contributed by atoms with Crippen LogP contribution in [0.25, 0.3) is 0 Å². The van der Waals surface area contributed by atoms with Gasteiger partial charge in [-0.25, -0.2) is 0 Å². The van der Waals surface area contributed by atoms with Gasteiger partial charge in [0, 0.05) is 12.6 Å². The Hall–Kier alpha value is -1.46. The number of nitrogens with zero attached hydrogens (tertiary/aromatic N) is 2. The summed E-state index contributed by atoms with van der Waals surface area (Å²) in [5.41, 5.74) is 4.15. The maximum absolute atomic E-state index is 9.33. The second-order valence-corrected chi connectivity index (χ2v) is 5.39. The highest BCUT2D eigenvalue weighted by Crippen LogP contribution is 2.46. The van der Waals surface area contributed by atoms with Gasteiger partial charge in [0.2, 0.25) is 0 Å². The fourth-order valence-electron chi connectivity index (χ4n) is 3.47. The summed E-state index contributed by atoms with van der Waals surface area (Å²) >= 11 is 0. The molecule has 116 valence electrons. The molecule has 0 amide bonds. The monoisotopic (exact) mass is 312 g/mol. The largest absolute Gasteiger partial charge is 0.493 e. The molecule has 0 fully saturated rings. The summed E-state index contributed by atoms with van der Waals surface area (Å²) in [7, 11) is 5.42. The van der Waals surface area contributed by atoms with Crippen LogP contribution in [0.3, 0.4) is 0 Å². The van der Waals surface area contributed by atoms with E-state index in [9.17, 15) is 5.21 Å². The maximum atomic E-state index is 9.33. The number of methoxy groups -OCH3 is 2. The minimum absolute atomic E-state index is 0. The van der Waals surface area contributed by atoms with E-state index in [2.05, 4.69) is 23.2 Å². The van der Waals surface area contributed by atoms with Gasteiger partial charge in [-0.3, -0.25) is 4.90 Å². The standard InChI is InChI=1S/C15H20N2O3.ClH/c1-17-7-6-9-8-12(19-2)15(20-3)14-10(16-18)4-5-11(17)13(9)14;/h8,11,18H,4-7H2,1-3H3;1H/b16-10+;. The van der Waals surface area contributed by atoms with Crippen LogP contribution in [-0.2, 0) is 6.42 Å². The minimum Gasteiger partial charge on any atom is -0.493 e. The highest BCUT2D eigenvalue weighted by molar-refractivity contribution is 6.06. The van der Waals surface area contributed by atoms with E-state index >= 15 is 0 Å². The molecule has 2 aliphatic rings. The molecule has 0 spiro atoms. The van der Waals surface area contributed by atoms with Crippen LogP contribution in [0.15, 0.2) is 11.2 Å². The number of oxime groups is 1. The smallest absolute Gasteiger partial charge is 0.170 e. The zero-order valence-electron chi connectivity index (χ0n) is 12.5. The summed E-state index contributed by atoms with van der Waals surface area (Å²) in [4.78, 5) is 2.37. The Morgan fingerprint density at radius 1 is 1.29 bits per heavy atom. The first-order chi connectivity index (χ1) is 9.71. The fourth-order valence-corrected chi connectivity index (χ4v) is 3.47. The molecule has 5 nitrogen and oxygen atoms in total. The van der Waals surface area contributed by atoms with Crippen LogP contribution in [-0.4, -0.2) is 43.6 Å². The van der Waals surface area contributed by atoms with Crippen molar-refractivity contribution in [2.45, 2.75) is 25.3 Å². The molecule has 0 aromatic heterocycles. The molecule has 0 saturated carbocycles. The van der Waals surface area contributed by atoms with E-state index in [1.807, 2.05) is 0 Å². The van der Waals surface area contributed by atoms with E-state index in [0.717, 1.165) is 31.4 Å². The summed E-state index contributed by atoms with van der Waals surface area (Å²) < 4.78 is 11.0. The second kappa shape index (κ2) is 6.12. The van der Waals surface area contributed by atoms with Crippen LogP contribution < -0.4 is 9.47 Å². The van der Waals surface area contributed by atoms with Crippen LogP contribution >= 0.6 is 12.4 Å². The second-order valence-electron chi connectivity index (χ2n) is 5.39. The van der Waals surface area contributed by atoms with Crippen molar-refractivity contribution in [3.63, 3.8) is 0 Å². The molecule has 6 heteroatoms. The molecule has 0 radical (unpaired) electrons. The van der Waals surface area contributed by atoms with Crippen LogP contribution in [0.5, 0.6) is 11.5 Å². The SMILES string of the molecule is COc1cc2c3c(c1OC)/C(=N/O)CCC3N(C)CC2.Cl. The zero-order chi connectivity index (χ0) is 14.3. The molecule has 0 saturated heterocycles. The van der Waals surface area contributed by atoms with Gasteiger partial charge >= 0.3 is 0 Å². The molecule has 0 bridgehead atoms. The Labute approximate surface area is 130 Å². The Balaban J connectivity index is 0.00000161. The molecule has 1 N–H and O–H groups in total. The van der Waals surface area contributed by atoms with Gasteiger partial charge in [0.15, 0.2) is 11.5 Å². The summed E-state index contributed by atoms with van der Waals surface area (Å²) in [6.07, 6.45) is 2.71. The highest BCUT2D eigenvalue weighted by atomic mass is 35.5. The fraction of sp³-hybridized carbons (Fsp3) is 0.533. The lowest BCUT2D eigenvalue weighted by Crippen LogP contribution is -2.36. The molecule has 1 aliphatic carbocycles. The number of halogens is 1. The van der Waals surface area contributed by atoms with Crippen molar-refractivity contribution in [3.05, 3.63) is 22.8 Å². The zero-order valence-corrected chi connectivity index (χ0v) is 13.4. The molecule has 1 heterocycles. The molecular weight excluding hydrogens is 292 g/mol. The summed E-state index contributed by atoms with van der Waals surface area (Å²) in [6.45, 7) is 1.04. The summed E-state index contributed by atoms with van der Waals surface area (Å²) in [6, 6.07) is 2.44. The van der Waals surface area contributed by atoms with E-state index in [4.69, 9.17) is 9.47 Å². The number of benzene rings is 1. The predicted octanol–water partition coefficient (Wildman–Crippen LogP) is 2.63. The topological polar surface area (TPSA) is 54.3 Å². The van der Waals surface area contributed by atoms with Crippen LogP contribution in [0.4, 0.5) is 0 Å². The first-order valence-corrected chi connectivity index (χ1v) is 6.90. The molecule has 1 unspecified atom stereocenters. The van der Waals surface area contributed by atoms with E-state index in [0.29, 0.717) is 23.3 Å². The lowest BCUT2D eigenvalue weighted by Gasteiger charge is -2.39. The number of hydrogen-bond donors (Lipinski definition) is 1. The Bertz CT molecular complexity index is 575. The van der Waals surface area contributed by atoms with E-state index in [1.165, 1.54) is 11.1 Å². The normalized spacial score (nSPS) is 22.4. The van der Waals surface area contributed by atoms with Gasteiger partial charge in [-0.05, 0) is 43.5 Å². The van der Waals surface area contributed by atoms with Crippen molar-refractivity contribution in [3.8, 4) is 11.5 Å². The van der Waals surface area contributed by atoms with Crippen molar-refractivity contribution >= 4 is 18.1 Å². The lowest BCUT2D eigenvalue weighted by atomic mass is 9.79. The van der Waals surface area contributed by atoms with Crippen LogP contribution in [0.2, 0.25) is 0 Å². The molecule has 3 rings (SSSR count). The van der Waals surface area contributed by atoms with E-state index < -0.39 is 0 Å². The summed E-state index contributed by atoms with van der Waals surface area (Å²) in [5, 5.41) is 12.8. The highest BCUT2D eigenvalue weighted by Gasteiger charge is 2.36. The number of ether oxygens (including phenoxy) is 2. The molecule has 1 atom stereocenters. The predicted molar refractivity (Wildman–Crippen MR) is 83.4 cm³/mol. The van der Waals surface area contributed by atoms with Crippen molar-refractivity contribution in [2.75, 3.05) is 27.8 Å². The van der Waals surface area contributed by atoms with Crippen molar-refractivity contribution in [2.24, 2.45) is 5.16 Å². The first-order valence-electron chi connectivity index (χ1n) is 6.90. The minimum atomic E-state index is 0. The van der Waals surface area contributed by atoms with Gasteiger partial charge < -0.3 is 14.7 Å². The lowest BCUT2D eigenvalue weighted by molar-refractivity contribution is 0.215. The average molecular weight is 313 g/mol. The number of rotatable bonds is 2. The molecular formula is C15H21ClN2O3. The van der Waals surface area contributed by atoms with Crippen molar-refractivity contribution < 1.29 is 14.7 Å². The molecule has 1 aromatic carbocycles. The first kappa shape index (κ1) is 15.9. The Kier molecular flexibility index (Phi) is 4.64. The van der Waals surface area contributed by atoms with Crippen LogP contribution in [0, 0.1) is 0 Å². The van der Waals surface area contributed by atoms with Crippen LogP contribution in [0.1, 0.15) is 35.6 Å². The van der Waals surface area contributed by atoms with Gasteiger partial charge in [-0.2, -0.15) is 0 Å². The van der Waals surface area contributed by atoms with Crippen molar-refractivity contribution in [1.29, 1.82) is 0 Å². The van der Waals surface area contributed by atoms with Gasteiger partial charge in [-0.1, -0.05) is 5.16 Å². The molecule has 1 aliphatic heterocycles. The van der Waals surface area contributed by atoms with Gasteiger partial charge in [0.25, 0.3) is 0 Å². The maximum Gasteiger partial charge on any atom is 0.170 e. The quantitative estimate of drug-likeness (QED) is 0.674. The van der Waals surface area contributed by atoms with E-state index in [1.54, 1.807) is 14.2 Å². The van der Waals surface area contributed by atoms with Gasteiger partial charge in [0.1, 0.15) is 0 Å². The third-order valence-corrected chi connectivity index (χ3v) is 4.46. The average Bonchev–Trinajstić information content (AvgIpc) is 2.49. The Morgan fingerprint density at radius 3 is 2.67 bits per heavy atom. The van der Waals surface area contributed by atoms with Gasteiger partial charge in [0.05, 0.1) is 25.5 Å². The third kappa shape index (κ3) is 2.34. The molecule has 21 heavy (non-hydrogen) atoms. The number of hydrogen-bond acceptors (Lipinski definition) is 5. The van der Waals surface area contributed by atoms with Crippen molar-refractivity contribution in [1.82, 2.24) is 4.90 Å². The number of likely N-dealkylation sites (N-methyl/N-ethyl adjacent to an activating group) is 1. The van der Waals surface area contributed by atoms with E-state index in [-0.39, 0.29) is 12.4 Å². The third-order valence-electron chi connectivity index (χ3n) is 4.46.